The third kappa shape index (κ3) is 4.50. The SMILES string of the molecule is C=C(C)Cl.ClC(c1ccccc1)(c1ccccc1)c1ccccc1. The van der Waals surface area contributed by atoms with Crippen molar-refractivity contribution in [3.8, 4) is 0 Å². The van der Waals surface area contributed by atoms with Gasteiger partial charge in [0.1, 0.15) is 4.87 Å². The van der Waals surface area contributed by atoms with Crippen molar-refractivity contribution in [1.82, 2.24) is 0 Å². The lowest BCUT2D eigenvalue weighted by Gasteiger charge is -2.29. The summed E-state index contributed by atoms with van der Waals surface area (Å²) < 4.78 is 0. The molecule has 0 aliphatic carbocycles. The van der Waals surface area contributed by atoms with Gasteiger partial charge in [0.15, 0.2) is 0 Å². The fourth-order valence-corrected chi connectivity index (χ4v) is 2.88. The summed E-state index contributed by atoms with van der Waals surface area (Å²) in [6.45, 7) is 5.06. The Kier molecular flexibility index (Phi) is 6.66. The van der Waals surface area contributed by atoms with Crippen molar-refractivity contribution in [2.24, 2.45) is 0 Å². The highest BCUT2D eigenvalue weighted by Gasteiger charge is 2.33. The van der Waals surface area contributed by atoms with Crippen molar-refractivity contribution >= 4 is 23.2 Å². The summed E-state index contributed by atoms with van der Waals surface area (Å²) in [4.78, 5) is -0.649. The zero-order valence-corrected chi connectivity index (χ0v) is 15.1. The number of benzene rings is 3. The molecule has 0 heterocycles. The molecule has 0 saturated heterocycles. The number of hydrogen-bond acceptors (Lipinski definition) is 0. The molecule has 0 aromatic heterocycles. The van der Waals surface area contributed by atoms with Crippen molar-refractivity contribution in [2.45, 2.75) is 11.8 Å². The van der Waals surface area contributed by atoms with Crippen molar-refractivity contribution < 1.29 is 0 Å². The summed E-state index contributed by atoms with van der Waals surface area (Å²) >= 11 is 12.2. The minimum atomic E-state index is -0.649. The lowest BCUT2D eigenvalue weighted by atomic mass is 9.84. The highest BCUT2D eigenvalue weighted by Crippen LogP contribution is 2.42. The van der Waals surface area contributed by atoms with Crippen LogP contribution in [0.3, 0.4) is 0 Å². The van der Waals surface area contributed by atoms with Crippen LogP contribution in [0, 0.1) is 0 Å². The minimum absolute atomic E-state index is 0.639. The van der Waals surface area contributed by atoms with Crippen LogP contribution in [0.4, 0.5) is 0 Å². The van der Waals surface area contributed by atoms with E-state index in [2.05, 4.69) is 43.0 Å². The second-order valence-corrected chi connectivity index (χ2v) is 6.64. The van der Waals surface area contributed by atoms with E-state index in [-0.39, 0.29) is 0 Å². The Labute approximate surface area is 154 Å². The van der Waals surface area contributed by atoms with Gasteiger partial charge in [0.25, 0.3) is 0 Å². The summed E-state index contributed by atoms with van der Waals surface area (Å²) in [7, 11) is 0. The number of allylic oxidation sites excluding steroid dienone is 1. The summed E-state index contributed by atoms with van der Waals surface area (Å²) in [5, 5.41) is 0.639. The smallest absolute Gasteiger partial charge is 0.104 e. The standard InChI is InChI=1S/C19H15Cl.C3H5Cl/c20-19(16-10-4-1-5-11-16,17-12-6-2-7-13-17)18-14-8-3-9-15-18;1-3(2)4/h1-15H;1H2,2H3. The molecule has 0 amide bonds. The molecule has 0 aliphatic heterocycles. The van der Waals surface area contributed by atoms with E-state index in [0.29, 0.717) is 5.03 Å². The van der Waals surface area contributed by atoms with Crippen molar-refractivity contribution in [2.75, 3.05) is 0 Å². The molecule has 3 aromatic carbocycles. The Morgan fingerprint density at radius 2 is 0.875 bits per heavy atom. The van der Waals surface area contributed by atoms with Crippen LogP contribution in [-0.4, -0.2) is 0 Å². The lowest BCUT2D eigenvalue weighted by molar-refractivity contribution is 0.879. The third-order valence-electron chi connectivity index (χ3n) is 3.51. The van der Waals surface area contributed by atoms with Crippen LogP contribution < -0.4 is 0 Å². The number of rotatable bonds is 3. The van der Waals surface area contributed by atoms with E-state index in [1.165, 1.54) is 0 Å². The summed E-state index contributed by atoms with van der Waals surface area (Å²) in [5.74, 6) is 0. The van der Waals surface area contributed by atoms with Gasteiger partial charge in [-0.05, 0) is 23.6 Å². The first-order valence-corrected chi connectivity index (χ1v) is 8.47. The predicted octanol–water partition coefficient (Wildman–Crippen LogP) is 6.98. The molecule has 0 atom stereocenters. The van der Waals surface area contributed by atoms with Gasteiger partial charge in [-0.15, -0.1) is 11.6 Å². The quantitative estimate of drug-likeness (QED) is 0.351. The Morgan fingerprint density at radius 1 is 0.667 bits per heavy atom. The second kappa shape index (κ2) is 8.73. The first-order chi connectivity index (χ1) is 11.5. The molecule has 122 valence electrons. The van der Waals surface area contributed by atoms with E-state index in [0.717, 1.165) is 16.7 Å². The van der Waals surface area contributed by atoms with Gasteiger partial charge >= 0.3 is 0 Å². The Balaban J connectivity index is 0.000000471. The molecule has 24 heavy (non-hydrogen) atoms. The van der Waals surface area contributed by atoms with Gasteiger partial charge in [0.05, 0.1) is 0 Å². The fourth-order valence-electron chi connectivity index (χ4n) is 2.50. The van der Waals surface area contributed by atoms with Gasteiger partial charge in [0, 0.05) is 5.03 Å². The van der Waals surface area contributed by atoms with Crippen molar-refractivity contribution in [3.63, 3.8) is 0 Å². The van der Waals surface area contributed by atoms with Crippen LogP contribution in [0.25, 0.3) is 0 Å². The zero-order chi connectivity index (χ0) is 17.4. The van der Waals surface area contributed by atoms with E-state index >= 15 is 0 Å². The molecule has 0 fully saturated rings. The van der Waals surface area contributed by atoms with Gasteiger partial charge < -0.3 is 0 Å². The van der Waals surface area contributed by atoms with E-state index in [4.69, 9.17) is 23.2 Å². The molecule has 0 N–H and O–H groups in total. The highest BCUT2D eigenvalue weighted by atomic mass is 35.5. The molecule has 0 saturated carbocycles. The monoisotopic (exact) mass is 354 g/mol. The van der Waals surface area contributed by atoms with Gasteiger partial charge in [-0.2, -0.15) is 0 Å². The van der Waals surface area contributed by atoms with Gasteiger partial charge in [-0.3, -0.25) is 0 Å². The molecule has 0 spiro atoms. The lowest BCUT2D eigenvalue weighted by Crippen LogP contribution is -2.22. The summed E-state index contributed by atoms with van der Waals surface area (Å²) in [6, 6.07) is 30.6. The molecule has 0 nitrogen and oxygen atoms in total. The Bertz CT molecular complexity index is 649. The number of alkyl halides is 1. The van der Waals surface area contributed by atoms with Gasteiger partial charge in [-0.25, -0.2) is 0 Å². The first kappa shape index (κ1) is 18.3. The largest absolute Gasteiger partial charge is 0.119 e. The molecule has 2 heteroatoms. The molecular weight excluding hydrogens is 335 g/mol. The normalized spacial score (nSPS) is 10.5. The average molecular weight is 355 g/mol. The third-order valence-corrected chi connectivity index (χ3v) is 4.17. The molecule has 0 unspecified atom stereocenters. The maximum absolute atomic E-state index is 7.12. The predicted molar refractivity (Wildman–Crippen MR) is 106 cm³/mol. The Hall–Kier alpha value is -2.02. The second-order valence-electron chi connectivity index (χ2n) is 5.43. The zero-order valence-electron chi connectivity index (χ0n) is 13.6. The molecule has 0 radical (unpaired) electrons. The van der Waals surface area contributed by atoms with Crippen LogP contribution in [0.2, 0.25) is 0 Å². The van der Waals surface area contributed by atoms with E-state index in [1.807, 2.05) is 54.6 Å². The first-order valence-electron chi connectivity index (χ1n) is 7.71. The molecule has 0 aliphatic rings. The number of halogens is 2. The van der Waals surface area contributed by atoms with Crippen LogP contribution in [-0.2, 0) is 4.87 Å². The maximum Gasteiger partial charge on any atom is 0.119 e. The van der Waals surface area contributed by atoms with E-state index < -0.39 is 4.87 Å². The van der Waals surface area contributed by atoms with Gasteiger partial charge in [-0.1, -0.05) is 109 Å². The average Bonchev–Trinajstić information content (AvgIpc) is 2.63. The van der Waals surface area contributed by atoms with E-state index in [9.17, 15) is 0 Å². The summed E-state index contributed by atoms with van der Waals surface area (Å²) in [5.41, 5.74) is 3.25. The highest BCUT2D eigenvalue weighted by molar-refractivity contribution is 6.28. The Morgan fingerprint density at radius 3 is 1.08 bits per heavy atom. The summed E-state index contributed by atoms with van der Waals surface area (Å²) in [6.07, 6.45) is 0. The van der Waals surface area contributed by atoms with E-state index in [1.54, 1.807) is 6.92 Å². The molecular formula is C22H20Cl2. The van der Waals surface area contributed by atoms with Crippen molar-refractivity contribution in [3.05, 3.63) is 119 Å². The molecule has 0 bridgehead atoms. The van der Waals surface area contributed by atoms with Crippen LogP contribution >= 0.6 is 23.2 Å². The minimum Gasteiger partial charge on any atom is -0.104 e. The van der Waals surface area contributed by atoms with Crippen molar-refractivity contribution in [1.29, 1.82) is 0 Å². The van der Waals surface area contributed by atoms with Gasteiger partial charge in [0.2, 0.25) is 0 Å². The van der Waals surface area contributed by atoms with Crippen LogP contribution in [0.15, 0.2) is 103 Å². The number of hydrogen-bond donors (Lipinski definition) is 0. The van der Waals surface area contributed by atoms with Crippen LogP contribution in [0.1, 0.15) is 23.6 Å². The fraction of sp³-hybridized carbons (Fsp3) is 0.0909. The van der Waals surface area contributed by atoms with Crippen LogP contribution in [0.5, 0.6) is 0 Å². The molecule has 3 aromatic rings. The topological polar surface area (TPSA) is 0 Å². The molecule has 3 rings (SSSR count). The maximum atomic E-state index is 7.12.